The number of nitrogens with zero attached hydrogens (tertiary/aromatic N) is 1. The zero-order valence-corrected chi connectivity index (χ0v) is 13.9. The van der Waals surface area contributed by atoms with Crippen molar-refractivity contribution in [2.75, 3.05) is 13.6 Å². The predicted octanol–water partition coefficient (Wildman–Crippen LogP) is 3.09. The van der Waals surface area contributed by atoms with Crippen LogP contribution in [0.3, 0.4) is 0 Å². The van der Waals surface area contributed by atoms with Crippen molar-refractivity contribution in [1.82, 2.24) is 10.2 Å². The summed E-state index contributed by atoms with van der Waals surface area (Å²) in [5.41, 5.74) is 1.04. The monoisotopic (exact) mass is 356 g/mol. The molecule has 0 spiro atoms. The van der Waals surface area contributed by atoms with Crippen molar-refractivity contribution in [3.05, 3.63) is 34.3 Å². The third-order valence-electron chi connectivity index (χ3n) is 3.11. The first-order chi connectivity index (χ1) is 9.88. The van der Waals surface area contributed by atoms with Crippen molar-refractivity contribution in [2.24, 2.45) is 5.92 Å². The van der Waals surface area contributed by atoms with Gasteiger partial charge in [-0.15, -0.1) is 0 Å². The van der Waals surface area contributed by atoms with Crippen molar-refractivity contribution in [3.8, 4) is 0 Å². The van der Waals surface area contributed by atoms with Gasteiger partial charge in [-0.1, -0.05) is 35.0 Å². The molecule has 6 heteroatoms. The normalized spacial score (nSPS) is 11.8. The Morgan fingerprint density at radius 1 is 1.43 bits per heavy atom. The van der Waals surface area contributed by atoms with Crippen LogP contribution in [0.4, 0.5) is 4.79 Å². The van der Waals surface area contributed by atoms with Crippen LogP contribution < -0.4 is 5.32 Å². The van der Waals surface area contributed by atoms with E-state index in [-0.39, 0.29) is 18.4 Å². The Morgan fingerprint density at radius 3 is 2.76 bits per heavy atom. The van der Waals surface area contributed by atoms with Crippen LogP contribution in [0, 0.1) is 5.92 Å². The topological polar surface area (TPSA) is 69.6 Å². The highest BCUT2D eigenvalue weighted by molar-refractivity contribution is 9.10. The molecule has 116 valence electrons. The number of carboxylic acid groups (broad SMARTS) is 1. The molecule has 0 fully saturated rings. The number of halogens is 1. The highest BCUT2D eigenvalue weighted by Crippen LogP contribution is 2.13. The average Bonchev–Trinajstić information content (AvgIpc) is 2.42. The third kappa shape index (κ3) is 7.13. The lowest BCUT2D eigenvalue weighted by Crippen LogP contribution is -2.38. The second kappa shape index (κ2) is 8.67. The summed E-state index contributed by atoms with van der Waals surface area (Å²) in [5, 5.41) is 11.4. The van der Waals surface area contributed by atoms with Crippen LogP contribution in [0.5, 0.6) is 0 Å². The van der Waals surface area contributed by atoms with Crippen LogP contribution in [-0.2, 0) is 11.3 Å². The number of nitrogens with one attached hydrogen (secondary N) is 1. The Hall–Kier alpha value is -1.56. The smallest absolute Gasteiger partial charge is 0.317 e. The SMILES string of the molecule is CC(CCC(=O)O)CNC(=O)N(C)Cc1cccc(Br)c1. The van der Waals surface area contributed by atoms with E-state index < -0.39 is 5.97 Å². The maximum absolute atomic E-state index is 12.0. The van der Waals surface area contributed by atoms with E-state index in [0.717, 1.165) is 10.0 Å². The first-order valence-corrected chi connectivity index (χ1v) is 7.63. The molecule has 0 heterocycles. The summed E-state index contributed by atoms with van der Waals surface area (Å²) in [6.07, 6.45) is 0.690. The molecule has 1 aromatic rings. The number of hydrogen-bond acceptors (Lipinski definition) is 2. The molecule has 0 aliphatic carbocycles. The van der Waals surface area contributed by atoms with Crippen molar-refractivity contribution >= 4 is 27.9 Å². The van der Waals surface area contributed by atoms with Crippen LogP contribution in [-0.4, -0.2) is 35.6 Å². The van der Waals surface area contributed by atoms with Crippen LogP contribution in [0.25, 0.3) is 0 Å². The molecule has 2 amide bonds. The molecular formula is C15H21BrN2O3. The standard InChI is InChI=1S/C15H21BrN2O3/c1-11(6-7-14(19)20)9-17-15(21)18(2)10-12-4-3-5-13(16)8-12/h3-5,8,11H,6-7,9-10H2,1-2H3,(H,17,21)(H,19,20). The summed E-state index contributed by atoms with van der Waals surface area (Å²) in [7, 11) is 1.73. The molecule has 1 unspecified atom stereocenters. The Balaban J connectivity index is 2.35. The maximum Gasteiger partial charge on any atom is 0.317 e. The highest BCUT2D eigenvalue weighted by Gasteiger charge is 2.11. The molecule has 1 atom stereocenters. The van der Waals surface area contributed by atoms with Crippen molar-refractivity contribution in [3.63, 3.8) is 0 Å². The molecule has 0 aliphatic heterocycles. The Bertz CT molecular complexity index is 494. The van der Waals surface area contributed by atoms with E-state index in [1.807, 2.05) is 31.2 Å². The summed E-state index contributed by atoms with van der Waals surface area (Å²) in [5.74, 6) is -0.663. The van der Waals surface area contributed by atoms with Gasteiger partial charge in [-0.3, -0.25) is 4.79 Å². The fourth-order valence-electron chi connectivity index (χ4n) is 1.85. The lowest BCUT2D eigenvalue weighted by molar-refractivity contribution is -0.137. The summed E-state index contributed by atoms with van der Waals surface area (Å²) < 4.78 is 0.983. The highest BCUT2D eigenvalue weighted by atomic mass is 79.9. The number of carbonyl (C=O) groups excluding carboxylic acids is 1. The molecule has 0 saturated carbocycles. The fourth-order valence-corrected chi connectivity index (χ4v) is 2.30. The molecule has 0 aromatic heterocycles. The number of benzene rings is 1. The largest absolute Gasteiger partial charge is 0.481 e. The zero-order valence-electron chi connectivity index (χ0n) is 12.3. The van der Waals surface area contributed by atoms with Crippen LogP contribution in [0.2, 0.25) is 0 Å². The number of hydrogen-bond donors (Lipinski definition) is 2. The second-order valence-electron chi connectivity index (χ2n) is 5.21. The van der Waals surface area contributed by atoms with E-state index in [4.69, 9.17) is 5.11 Å². The lowest BCUT2D eigenvalue weighted by Gasteiger charge is -2.20. The van der Waals surface area contributed by atoms with Gasteiger partial charge in [0.05, 0.1) is 0 Å². The molecule has 0 bridgehead atoms. The Labute approximate surface area is 133 Å². The van der Waals surface area contributed by atoms with E-state index in [2.05, 4.69) is 21.2 Å². The van der Waals surface area contributed by atoms with Gasteiger partial charge in [-0.25, -0.2) is 4.79 Å². The summed E-state index contributed by atoms with van der Waals surface area (Å²) in [6, 6.07) is 7.65. The molecule has 0 radical (unpaired) electrons. The molecule has 21 heavy (non-hydrogen) atoms. The average molecular weight is 357 g/mol. The Morgan fingerprint density at radius 2 is 2.14 bits per heavy atom. The number of rotatable bonds is 7. The minimum absolute atomic E-state index is 0.130. The number of carboxylic acids is 1. The van der Waals surface area contributed by atoms with Crippen LogP contribution in [0.15, 0.2) is 28.7 Å². The van der Waals surface area contributed by atoms with Gasteiger partial charge >= 0.3 is 12.0 Å². The van der Waals surface area contributed by atoms with Gasteiger partial charge in [0.2, 0.25) is 0 Å². The van der Waals surface area contributed by atoms with Crippen LogP contribution in [0.1, 0.15) is 25.3 Å². The molecule has 5 nitrogen and oxygen atoms in total. The molecule has 0 saturated heterocycles. The maximum atomic E-state index is 12.0. The fraction of sp³-hybridized carbons (Fsp3) is 0.467. The minimum Gasteiger partial charge on any atom is -0.481 e. The lowest BCUT2D eigenvalue weighted by atomic mass is 10.1. The summed E-state index contributed by atoms with van der Waals surface area (Å²) in [6.45, 7) is 2.93. The van der Waals surface area contributed by atoms with E-state index >= 15 is 0 Å². The number of urea groups is 1. The minimum atomic E-state index is -0.806. The van der Waals surface area contributed by atoms with E-state index in [0.29, 0.717) is 19.5 Å². The number of amides is 2. The van der Waals surface area contributed by atoms with Crippen LogP contribution >= 0.6 is 15.9 Å². The summed E-state index contributed by atoms with van der Waals surface area (Å²) >= 11 is 3.40. The first-order valence-electron chi connectivity index (χ1n) is 6.83. The van der Waals surface area contributed by atoms with E-state index in [1.165, 1.54) is 0 Å². The molecular weight excluding hydrogens is 336 g/mol. The van der Waals surface area contributed by atoms with E-state index in [9.17, 15) is 9.59 Å². The predicted molar refractivity (Wildman–Crippen MR) is 85.0 cm³/mol. The van der Waals surface area contributed by atoms with Crippen molar-refractivity contribution < 1.29 is 14.7 Å². The third-order valence-corrected chi connectivity index (χ3v) is 3.60. The molecule has 2 N–H and O–H groups in total. The van der Waals surface area contributed by atoms with Crippen molar-refractivity contribution in [2.45, 2.75) is 26.3 Å². The first kappa shape index (κ1) is 17.5. The van der Waals surface area contributed by atoms with Gasteiger partial charge in [0, 0.05) is 31.0 Å². The quantitative estimate of drug-likeness (QED) is 0.788. The number of aliphatic carboxylic acids is 1. The van der Waals surface area contributed by atoms with Gasteiger partial charge in [-0.2, -0.15) is 0 Å². The zero-order chi connectivity index (χ0) is 15.8. The van der Waals surface area contributed by atoms with E-state index in [1.54, 1.807) is 11.9 Å². The Kier molecular flexibility index (Phi) is 7.22. The number of carbonyl (C=O) groups is 2. The second-order valence-corrected chi connectivity index (χ2v) is 6.13. The molecule has 1 aromatic carbocycles. The summed E-state index contributed by atoms with van der Waals surface area (Å²) in [4.78, 5) is 24.0. The van der Waals surface area contributed by atoms with Gasteiger partial charge in [0.1, 0.15) is 0 Å². The molecule has 0 aliphatic rings. The van der Waals surface area contributed by atoms with Gasteiger partial charge in [0.25, 0.3) is 0 Å². The molecule has 1 rings (SSSR count). The van der Waals surface area contributed by atoms with Gasteiger partial charge < -0.3 is 15.3 Å². The van der Waals surface area contributed by atoms with Gasteiger partial charge in [0.15, 0.2) is 0 Å². The van der Waals surface area contributed by atoms with Gasteiger partial charge in [-0.05, 0) is 30.0 Å². The van der Waals surface area contributed by atoms with Crippen molar-refractivity contribution in [1.29, 1.82) is 0 Å².